The summed E-state index contributed by atoms with van der Waals surface area (Å²) >= 11 is 0. The minimum absolute atomic E-state index is 0.0843. The Hall–Kier alpha value is -3.82. The van der Waals surface area contributed by atoms with Gasteiger partial charge < -0.3 is 9.80 Å². The normalized spacial score (nSPS) is 14.5. The van der Waals surface area contributed by atoms with Crippen LogP contribution >= 0.6 is 0 Å². The number of hydrogen-bond acceptors (Lipinski definition) is 7. The van der Waals surface area contributed by atoms with Crippen molar-refractivity contribution in [1.29, 1.82) is 0 Å². The molecule has 1 aromatic carbocycles. The van der Waals surface area contributed by atoms with Crippen LogP contribution in [0.15, 0.2) is 47.7 Å². The summed E-state index contributed by atoms with van der Waals surface area (Å²) in [6.45, 7) is 5.06. The molecule has 31 heavy (non-hydrogen) atoms. The SMILES string of the molecule is Cc1cc(N2CCN(C(=O)CCn3ncc(=O)c4ccccc43)CC2)n2ncnc2n1. The summed E-state index contributed by atoms with van der Waals surface area (Å²) in [5.74, 6) is 1.60. The van der Waals surface area contributed by atoms with E-state index < -0.39 is 0 Å². The quantitative estimate of drug-likeness (QED) is 0.485. The Labute approximate surface area is 177 Å². The van der Waals surface area contributed by atoms with Gasteiger partial charge in [-0.15, -0.1) is 0 Å². The second-order valence-electron chi connectivity index (χ2n) is 7.59. The summed E-state index contributed by atoms with van der Waals surface area (Å²) in [5, 5.41) is 9.10. The fourth-order valence-corrected chi connectivity index (χ4v) is 4.02. The molecule has 10 heteroatoms. The van der Waals surface area contributed by atoms with E-state index in [1.165, 1.54) is 12.5 Å². The molecule has 0 aliphatic carbocycles. The van der Waals surface area contributed by atoms with Crippen molar-refractivity contribution >= 4 is 28.4 Å². The minimum Gasteiger partial charge on any atom is -0.353 e. The number of carbonyl (C=O) groups excluding carboxylic acids is 1. The number of hydrogen-bond donors (Lipinski definition) is 0. The van der Waals surface area contributed by atoms with E-state index in [0.29, 0.717) is 50.3 Å². The number of piperazine rings is 1. The first kappa shape index (κ1) is 19.2. The van der Waals surface area contributed by atoms with Crippen molar-refractivity contribution in [1.82, 2.24) is 34.3 Å². The van der Waals surface area contributed by atoms with E-state index in [0.717, 1.165) is 17.0 Å². The summed E-state index contributed by atoms with van der Waals surface area (Å²) in [5.41, 5.74) is 1.52. The van der Waals surface area contributed by atoms with Gasteiger partial charge in [0.05, 0.1) is 18.3 Å². The number of nitrogens with zero attached hydrogens (tertiary/aromatic N) is 8. The fourth-order valence-electron chi connectivity index (χ4n) is 4.02. The lowest BCUT2D eigenvalue weighted by atomic mass is 10.2. The third-order valence-corrected chi connectivity index (χ3v) is 5.62. The number of amides is 1. The first-order valence-corrected chi connectivity index (χ1v) is 10.2. The number of aromatic nitrogens is 6. The van der Waals surface area contributed by atoms with Crippen LogP contribution in [0.1, 0.15) is 12.1 Å². The lowest BCUT2D eigenvalue weighted by Crippen LogP contribution is -2.49. The molecule has 5 rings (SSSR count). The monoisotopic (exact) mass is 418 g/mol. The van der Waals surface area contributed by atoms with E-state index in [2.05, 4.69) is 25.1 Å². The van der Waals surface area contributed by atoms with E-state index in [1.54, 1.807) is 15.3 Å². The van der Waals surface area contributed by atoms with Gasteiger partial charge in [0, 0.05) is 49.7 Å². The maximum Gasteiger partial charge on any atom is 0.254 e. The van der Waals surface area contributed by atoms with Gasteiger partial charge in [-0.05, 0) is 19.1 Å². The van der Waals surface area contributed by atoms with Crippen molar-refractivity contribution in [3.63, 3.8) is 0 Å². The Morgan fingerprint density at radius 2 is 1.90 bits per heavy atom. The Kier molecular flexibility index (Phi) is 4.81. The van der Waals surface area contributed by atoms with Crippen LogP contribution in [0.5, 0.6) is 0 Å². The maximum absolute atomic E-state index is 12.8. The first-order chi connectivity index (χ1) is 15.1. The Bertz CT molecular complexity index is 1320. The largest absolute Gasteiger partial charge is 0.353 e. The average Bonchev–Trinajstić information content (AvgIpc) is 3.26. The molecule has 158 valence electrons. The van der Waals surface area contributed by atoms with Crippen molar-refractivity contribution in [3.8, 4) is 0 Å². The molecule has 4 aromatic rings. The second-order valence-corrected chi connectivity index (χ2v) is 7.59. The zero-order valence-electron chi connectivity index (χ0n) is 17.2. The van der Waals surface area contributed by atoms with Gasteiger partial charge in [-0.1, -0.05) is 12.1 Å². The third kappa shape index (κ3) is 3.60. The highest BCUT2D eigenvalue weighted by molar-refractivity contribution is 5.79. The predicted octanol–water partition coefficient (Wildman–Crippen LogP) is 0.882. The molecule has 0 radical (unpaired) electrons. The van der Waals surface area contributed by atoms with Crippen LogP contribution in [-0.4, -0.2) is 66.3 Å². The van der Waals surface area contributed by atoms with Gasteiger partial charge in [0.2, 0.25) is 11.3 Å². The van der Waals surface area contributed by atoms with Crippen LogP contribution in [0, 0.1) is 6.92 Å². The topological polar surface area (TPSA) is 102 Å². The predicted molar refractivity (Wildman–Crippen MR) is 115 cm³/mol. The molecule has 1 saturated heterocycles. The van der Waals surface area contributed by atoms with E-state index in [9.17, 15) is 9.59 Å². The number of rotatable bonds is 4. The summed E-state index contributed by atoms with van der Waals surface area (Å²) in [4.78, 5) is 37.4. The molecule has 0 unspecified atom stereocenters. The van der Waals surface area contributed by atoms with Gasteiger partial charge in [0.25, 0.3) is 5.78 Å². The number of carbonyl (C=O) groups is 1. The van der Waals surface area contributed by atoms with Crippen LogP contribution in [0.25, 0.3) is 16.7 Å². The van der Waals surface area contributed by atoms with Crippen molar-refractivity contribution in [2.45, 2.75) is 19.9 Å². The lowest BCUT2D eigenvalue weighted by Gasteiger charge is -2.36. The van der Waals surface area contributed by atoms with Crippen molar-refractivity contribution in [3.05, 3.63) is 58.8 Å². The van der Waals surface area contributed by atoms with Gasteiger partial charge in [0.15, 0.2) is 0 Å². The Balaban J connectivity index is 1.24. The van der Waals surface area contributed by atoms with Crippen LogP contribution in [0.4, 0.5) is 5.82 Å². The van der Waals surface area contributed by atoms with Crippen LogP contribution in [0.2, 0.25) is 0 Å². The van der Waals surface area contributed by atoms with E-state index in [-0.39, 0.29) is 11.3 Å². The highest BCUT2D eigenvalue weighted by atomic mass is 16.2. The van der Waals surface area contributed by atoms with Gasteiger partial charge in [-0.3, -0.25) is 14.3 Å². The lowest BCUT2D eigenvalue weighted by molar-refractivity contribution is -0.131. The molecule has 1 aliphatic heterocycles. The third-order valence-electron chi connectivity index (χ3n) is 5.62. The van der Waals surface area contributed by atoms with Gasteiger partial charge in [-0.25, -0.2) is 4.98 Å². The highest BCUT2D eigenvalue weighted by Crippen LogP contribution is 2.18. The molecule has 0 saturated carbocycles. The van der Waals surface area contributed by atoms with Gasteiger partial charge >= 0.3 is 0 Å². The van der Waals surface area contributed by atoms with E-state index >= 15 is 0 Å². The van der Waals surface area contributed by atoms with Gasteiger partial charge in [-0.2, -0.15) is 19.7 Å². The summed E-state index contributed by atoms with van der Waals surface area (Å²) in [6, 6.07) is 9.33. The maximum atomic E-state index is 12.8. The molecule has 0 N–H and O–H groups in total. The average molecular weight is 418 g/mol. The molecular weight excluding hydrogens is 396 g/mol. The molecule has 0 atom stereocenters. The van der Waals surface area contributed by atoms with Gasteiger partial charge in [0.1, 0.15) is 12.1 Å². The van der Waals surface area contributed by atoms with Crippen molar-refractivity contribution in [2.24, 2.45) is 0 Å². The summed E-state index contributed by atoms with van der Waals surface area (Å²) in [7, 11) is 0. The molecule has 3 aromatic heterocycles. The molecule has 1 aliphatic rings. The van der Waals surface area contributed by atoms with Crippen LogP contribution < -0.4 is 10.3 Å². The number of anilines is 1. The van der Waals surface area contributed by atoms with Crippen LogP contribution in [-0.2, 0) is 11.3 Å². The van der Waals surface area contributed by atoms with E-state index in [4.69, 9.17) is 0 Å². The zero-order chi connectivity index (χ0) is 21.4. The Morgan fingerprint density at radius 3 is 2.74 bits per heavy atom. The standard InChI is InChI=1S/C21H22N8O2/c1-15-12-19(29-21(25-15)22-14-24-29)26-8-10-27(11-9-26)20(31)6-7-28-17-5-3-2-4-16(17)18(30)13-23-28/h2-5,12-14H,6-11H2,1H3. The number of aryl methyl sites for hydroxylation is 2. The Morgan fingerprint density at radius 1 is 1.10 bits per heavy atom. The van der Waals surface area contributed by atoms with E-state index in [1.807, 2.05) is 36.1 Å². The van der Waals surface area contributed by atoms with Crippen LogP contribution in [0.3, 0.4) is 0 Å². The summed E-state index contributed by atoms with van der Waals surface area (Å²) in [6.07, 6.45) is 3.15. The fraction of sp³-hybridized carbons (Fsp3) is 0.333. The minimum atomic E-state index is -0.109. The first-order valence-electron chi connectivity index (χ1n) is 10.2. The smallest absolute Gasteiger partial charge is 0.254 e. The highest BCUT2D eigenvalue weighted by Gasteiger charge is 2.23. The molecule has 1 amide bonds. The van der Waals surface area contributed by atoms with Crippen molar-refractivity contribution < 1.29 is 4.79 Å². The van der Waals surface area contributed by atoms with Crippen molar-refractivity contribution in [2.75, 3.05) is 31.1 Å². The molecule has 1 fully saturated rings. The number of para-hydroxylation sites is 1. The molecule has 0 bridgehead atoms. The molecule has 10 nitrogen and oxygen atoms in total. The number of fused-ring (bicyclic) bond motifs is 2. The second kappa shape index (κ2) is 7.78. The molecule has 0 spiro atoms. The summed E-state index contributed by atoms with van der Waals surface area (Å²) < 4.78 is 3.46. The zero-order valence-corrected chi connectivity index (χ0v) is 17.2. The molecular formula is C21H22N8O2. The number of benzene rings is 1. The molecule has 4 heterocycles.